The fourth-order valence-electron chi connectivity index (χ4n) is 5.27. The first-order chi connectivity index (χ1) is 26.2. The Kier molecular flexibility index (Phi) is 10.9. The van der Waals surface area contributed by atoms with Gasteiger partial charge in [-0.1, -0.05) is 48.6 Å². The number of azo groups is 3. The minimum atomic E-state index is -4.91. The summed E-state index contributed by atoms with van der Waals surface area (Å²) < 4.78 is 74.9. The van der Waals surface area contributed by atoms with Crippen molar-refractivity contribution in [3.8, 4) is 11.5 Å². The van der Waals surface area contributed by atoms with Gasteiger partial charge in [-0.25, -0.2) is 0 Å². The van der Waals surface area contributed by atoms with Gasteiger partial charge in [0.25, 0.3) is 20.2 Å². The Morgan fingerprint density at radius 1 is 0.636 bits per heavy atom. The molecule has 0 bridgehead atoms. The molecule has 0 unspecified atom stereocenters. The van der Waals surface area contributed by atoms with E-state index < -0.39 is 36.6 Å². The second-order valence-corrected chi connectivity index (χ2v) is 14.7. The van der Waals surface area contributed by atoms with E-state index in [-0.39, 0.29) is 38.4 Å². The van der Waals surface area contributed by atoms with Crippen molar-refractivity contribution >= 4 is 83.0 Å². The third kappa shape index (κ3) is 9.11. The predicted molar refractivity (Wildman–Crippen MR) is 208 cm³/mol. The lowest BCUT2D eigenvalue weighted by molar-refractivity contribution is 0.416. The summed E-state index contributed by atoms with van der Waals surface area (Å²) >= 11 is 0. The first-order valence-corrected chi connectivity index (χ1v) is 19.0. The van der Waals surface area contributed by atoms with Gasteiger partial charge in [-0.3, -0.25) is 9.11 Å². The number of hydrogen-bond acceptors (Lipinski definition) is 13. The minimum absolute atomic E-state index is 0.112. The Morgan fingerprint density at radius 2 is 1.25 bits per heavy atom. The average Bonchev–Trinajstić information content (AvgIpc) is 3.15. The number of phenols is 1. The molecule has 0 aromatic heterocycles. The number of aromatic hydroxyl groups is 1. The van der Waals surface area contributed by atoms with Gasteiger partial charge in [0, 0.05) is 17.1 Å². The Bertz CT molecular complexity index is 2770. The number of nitrogens with two attached hydrogens (primary N) is 1. The van der Waals surface area contributed by atoms with E-state index in [9.17, 15) is 31.0 Å². The van der Waals surface area contributed by atoms with Crippen LogP contribution in [0.25, 0.3) is 22.9 Å². The van der Waals surface area contributed by atoms with Crippen LogP contribution >= 0.6 is 0 Å². The number of fused-ring (bicyclic) bond motifs is 1. The number of hydrogen-bond donors (Lipinski definition) is 4. The van der Waals surface area contributed by atoms with Gasteiger partial charge < -0.3 is 15.6 Å². The molecule has 6 rings (SSSR count). The number of aryl methyl sites for hydroxylation is 1. The highest BCUT2D eigenvalue weighted by atomic mass is 32.2. The molecular formula is C38H31N7O8S2. The predicted octanol–water partition coefficient (Wildman–Crippen LogP) is 10.4. The van der Waals surface area contributed by atoms with Crippen LogP contribution in [0.2, 0.25) is 0 Å². The highest BCUT2D eigenvalue weighted by molar-refractivity contribution is 7.86. The molecule has 0 aliphatic carbocycles. The summed E-state index contributed by atoms with van der Waals surface area (Å²) in [5.41, 5.74) is 8.74. The van der Waals surface area contributed by atoms with E-state index in [4.69, 9.17) is 10.5 Å². The lowest BCUT2D eigenvalue weighted by Gasteiger charge is -2.10. The van der Waals surface area contributed by atoms with Crippen molar-refractivity contribution in [3.05, 3.63) is 126 Å². The van der Waals surface area contributed by atoms with Crippen molar-refractivity contribution in [3.63, 3.8) is 0 Å². The molecule has 5 N–H and O–H groups in total. The summed E-state index contributed by atoms with van der Waals surface area (Å²) in [6, 6.07) is 28.7. The number of methoxy groups -OCH3 is 1. The molecule has 0 heterocycles. The van der Waals surface area contributed by atoms with Gasteiger partial charge in [0.2, 0.25) is 0 Å². The SMILES string of the molecule is COc1cc(N=Nc2ccc(/C=C/c3ccccc3)c(S(=O)(=O)O)c2)c(C)cc1N=Nc1c(S(=O)(=O)O)cc2cc(N=Nc3ccc(N)cc3)ccc2c1O. The number of ether oxygens (including phenoxy) is 1. The van der Waals surface area contributed by atoms with E-state index in [1.165, 1.54) is 49.6 Å². The molecule has 0 saturated heterocycles. The molecule has 278 valence electrons. The molecule has 0 aliphatic rings. The van der Waals surface area contributed by atoms with Gasteiger partial charge in [-0.2, -0.15) is 37.3 Å². The maximum Gasteiger partial charge on any atom is 0.296 e. The molecule has 0 aliphatic heterocycles. The number of nitrogen functional groups attached to an aromatic ring is 1. The van der Waals surface area contributed by atoms with Crippen molar-refractivity contribution in [2.24, 2.45) is 30.7 Å². The normalized spacial score (nSPS) is 12.5. The third-order valence-electron chi connectivity index (χ3n) is 8.04. The largest absolute Gasteiger partial charge is 0.505 e. The first-order valence-electron chi connectivity index (χ1n) is 16.1. The van der Waals surface area contributed by atoms with Crippen molar-refractivity contribution in [1.82, 2.24) is 0 Å². The molecule has 0 radical (unpaired) electrons. The molecule has 17 heteroatoms. The number of phenolic OH excluding ortho intramolecular Hbond substituents is 1. The Balaban J connectivity index is 1.30. The molecule has 0 fully saturated rings. The third-order valence-corrected chi connectivity index (χ3v) is 9.82. The van der Waals surface area contributed by atoms with Gasteiger partial charge >= 0.3 is 0 Å². The fourth-order valence-corrected chi connectivity index (χ4v) is 6.64. The molecule has 0 spiro atoms. The monoisotopic (exact) mass is 777 g/mol. The van der Waals surface area contributed by atoms with Gasteiger partial charge in [0.15, 0.2) is 5.75 Å². The summed E-state index contributed by atoms with van der Waals surface area (Å²) in [5, 5.41) is 36.4. The van der Waals surface area contributed by atoms with Crippen molar-refractivity contribution in [2.45, 2.75) is 16.7 Å². The first kappa shape index (κ1) is 38.1. The summed E-state index contributed by atoms with van der Waals surface area (Å²) in [4.78, 5) is -1.07. The van der Waals surface area contributed by atoms with E-state index in [2.05, 4.69) is 30.7 Å². The van der Waals surface area contributed by atoms with Crippen molar-refractivity contribution < 1.29 is 35.8 Å². The van der Waals surface area contributed by atoms with E-state index >= 15 is 0 Å². The molecule has 0 atom stereocenters. The summed E-state index contributed by atoms with van der Waals surface area (Å²) in [6.07, 6.45) is 3.27. The van der Waals surface area contributed by atoms with E-state index in [1.54, 1.807) is 49.4 Å². The molecule has 55 heavy (non-hydrogen) atoms. The molecule has 15 nitrogen and oxygen atoms in total. The van der Waals surface area contributed by atoms with Crippen LogP contribution in [-0.4, -0.2) is 38.2 Å². The van der Waals surface area contributed by atoms with Gasteiger partial charge in [0.1, 0.15) is 26.9 Å². The number of nitrogens with zero attached hydrogens (tertiary/aromatic N) is 6. The van der Waals surface area contributed by atoms with Crippen LogP contribution in [0.3, 0.4) is 0 Å². The Hall–Kier alpha value is -6.66. The number of rotatable bonds is 11. The Labute approximate surface area is 315 Å². The molecule has 6 aromatic carbocycles. The van der Waals surface area contributed by atoms with E-state index in [0.717, 1.165) is 11.6 Å². The zero-order valence-corrected chi connectivity index (χ0v) is 30.6. The van der Waals surface area contributed by atoms with Gasteiger partial charge in [-0.15, -0.1) is 10.2 Å². The van der Waals surface area contributed by atoms with Crippen LogP contribution in [0, 0.1) is 6.92 Å². The Morgan fingerprint density at radius 3 is 1.95 bits per heavy atom. The molecule has 0 amide bonds. The highest BCUT2D eigenvalue weighted by Crippen LogP contribution is 2.44. The second-order valence-electron chi connectivity index (χ2n) is 11.9. The molecular weight excluding hydrogens is 747 g/mol. The zero-order chi connectivity index (χ0) is 39.3. The van der Waals surface area contributed by atoms with Crippen LogP contribution in [0.4, 0.5) is 39.8 Å². The smallest absolute Gasteiger partial charge is 0.296 e. The highest BCUT2D eigenvalue weighted by Gasteiger charge is 2.23. The van der Waals surface area contributed by atoms with Crippen LogP contribution in [-0.2, 0) is 20.2 Å². The zero-order valence-electron chi connectivity index (χ0n) is 29.0. The summed E-state index contributed by atoms with van der Waals surface area (Å²) in [6.45, 7) is 1.67. The molecule has 0 saturated carbocycles. The fraction of sp³-hybridized carbons (Fsp3) is 0.0526. The minimum Gasteiger partial charge on any atom is -0.505 e. The maximum atomic E-state index is 12.5. The van der Waals surface area contributed by atoms with Gasteiger partial charge in [-0.05, 0) is 95.7 Å². The second kappa shape index (κ2) is 15.7. The molecule has 6 aromatic rings. The van der Waals surface area contributed by atoms with Gasteiger partial charge in [0.05, 0.1) is 29.9 Å². The lowest BCUT2D eigenvalue weighted by Crippen LogP contribution is -2.00. The van der Waals surface area contributed by atoms with Crippen molar-refractivity contribution in [2.75, 3.05) is 12.8 Å². The summed E-state index contributed by atoms with van der Waals surface area (Å²) in [5.74, 6) is -0.434. The summed E-state index contributed by atoms with van der Waals surface area (Å²) in [7, 11) is -8.18. The number of anilines is 1. The number of benzene rings is 6. The lowest BCUT2D eigenvalue weighted by atomic mass is 10.1. The van der Waals surface area contributed by atoms with Crippen LogP contribution in [0.15, 0.2) is 150 Å². The van der Waals surface area contributed by atoms with Crippen molar-refractivity contribution in [1.29, 1.82) is 0 Å². The standard InChI is InChI=1S/C38H31N7O8S2/c1-23-18-33(34(53-2)22-32(23)43-42-30-13-10-25(35(21-30)54(47,48)49)9-8-24-6-4-3-5-7-24)44-45-37-36(55(50,51)52)20-26-19-29(16-17-31(26)38(37)46)41-40-28-14-11-27(39)12-15-28/h3-22,46H,39H2,1-2H3,(H,47,48,49)(H,50,51,52)/b9-8+,41-40?,43-42?,45-44?. The van der Waals surface area contributed by atoms with Crippen LogP contribution in [0.5, 0.6) is 11.5 Å². The maximum absolute atomic E-state index is 12.5. The topological polar surface area (TPSA) is 238 Å². The quantitative estimate of drug-likeness (QED) is 0.0423. The van der Waals surface area contributed by atoms with Crippen LogP contribution < -0.4 is 10.5 Å². The average molecular weight is 778 g/mol. The van der Waals surface area contributed by atoms with E-state index in [0.29, 0.717) is 28.3 Å². The van der Waals surface area contributed by atoms with E-state index in [1.807, 2.05) is 30.3 Å². The van der Waals surface area contributed by atoms with Crippen LogP contribution in [0.1, 0.15) is 16.7 Å².